The minimum Gasteiger partial charge on any atom is -0.435 e. The van der Waals surface area contributed by atoms with E-state index in [1.54, 1.807) is 7.11 Å². The third-order valence-electron chi connectivity index (χ3n) is 3.79. The van der Waals surface area contributed by atoms with E-state index in [0.717, 1.165) is 35.7 Å². The van der Waals surface area contributed by atoms with Crippen LogP contribution in [0.3, 0.4) is 0 Å². The molecule has 0 amide bonds. The summed E-state index contributed by atoms with van der Waals surface area (Å²) in [4.78, 5) is 2.28. The van der Waals surface area contributed by atoms with Gasteiger partial charge in [-0.2, -0.15) is 0 Å². The molecule has 0 N–H and O–H groups in total. The van der Waals surface area contributed by atoms with Crippen LogP contribution in [0.15, 0.2) is 24.3 Å². The Morgan fingerprint density at radius 1 is 1.19 bits per heavy atom. The predicted octanol–water partition coefficient (Wildman–Crippen LogP) is 3.67. The lowest BCUT2D eigenvalue weighted by Crippen LogP contribution is -2.41. The summed E-state index contributed by atoms with van der Waals surface area (Å²) in [6.07, 6.45) is 1.88. The summed E-state index contributed by atoms with van der Waals surface area (Å²) < 4.78 is 17.1. The van der Waals surface area contributed by atoms with Gasteiger partial charge in [-0.15, -0.1) is 0 Å². The van der Waals surface area contributed by atoms with Crippen LogP contribution in [0.1, 0.15) is 33.3 Å². The molecule has 0 saturated heterocycles. The van der Waals surface area contributed by atoms with Gasteiger partial charge in [0.15, 0.2) is 0 Å². The van der Waals surface area contributed by atoms with Crippen molar-refractivity contribution in [3.8, 4) is 5.75 Å². The summed E-state index contributed by atoms with van der Waals surface area (Å²) in [5.74, 6) is -0.317. The maximum absolute atomic E-state index is 6.01. The van der Waals surface area contributed by atoms with Crippen LogP contribution >= 0.6 is 0 Å². The molecular weight excluding hydrogens is 266 g/mol. The number of hydrogen-bond donors (Lipinski definition) is 0. The first-order chi connectivity index (χ1) is 10.1. The highest BCUT2D eigenvalue weighted by atomic mass is 16.9. The number of hydrogen-bond acceptors (Lipinski definition) is 4. The van der Waals surface area contributed by atoms with Crippen molar-refractivity contribution in [2.45, 2.75) is 33.7 Å². The van der Waals surface area contributed by atoms with Crippen LogP contribution in [-0.4, -0.2) is 32.8 Å². The van der Waals surface area contributed by atoms with Gasteiger partial charge < -0.3 is 19.1 Å². The molecule has 1 aliphatic heterocycles. The number of rotatable bonds is 6. The van der Waals surface area contributed by atoms with E-state index in [4.69, 9.17) is 14.2 Å². The maximum Gasteiger partial charge on any atom is 0.349 e. The quantitative estimate of drug-likeness (QED) is 0.748. The molecule has 0 bridgehead atoms. The number of nitrogens with zero attached hydrogens (tertiary/aromatic N) is 1. The molecular formula is C17H25NO3. The van der Waals surface area contributed by atoms with Crippen LogP contribution in [-0.2, 0) is 9.47 Å². The van der Waals surface area contributed by atoms with E-state index in [2.05, 4.69) is 36.9 Å². The van der Waals surface area contributed by atoms with Crippen molar-refractivity contribution in [2.75, 3.05) is 31.7 Å². The van der Waals surface area contributed by atoms with E-state index < -0.39 is 5.97 Å². The Labute approximate surface area is 127 Å². The second-order valence-corrected chi connectivity index (χ2v) is 5.02. The van der Waals surface area contributed by atoms with Gasteiger partial charge in [-0.05, 0) is 45.4 Å². The number of benzene rings is 1. The standard InChI is InChI=1S/C17H25NO3/c1-6-18(7-2)14-9-10-15-13(4)12-17(19-5,20-8-3)21-16(15)11-14/h9-12H,6-8H2,1-5H3. The largest absolute Gasteiger partial charge is 0.435 e. The number of anilines is 1. The molecule has 2 rings (SSSR count). The fourth-order valence-corrected chi connectivity index (χ4v) is 2.66. The molecule has 1 aromatic rings. The first-order valence-electron chi connectivity index (χ1n) is 7.56. The minimum absolute atomic E-state index is 0.517. The van der Waals surface area contributed by atoms with Crippen molar-refractivity contribution in [1.29, 1.82) is 0 Å². The first-order valence-corrected chi connectivity index (χ1v) is 7.56. The van der Waals surface area contributed by atoms with Gasteiger partial charge in [-0.3, -0.25) is 0 Å². The van der Waals surface area contributed by atoms with Crippen molar-refractivity contribution < 1.29 is 14.2 Å². The predicted molar refractivity (Wildman–Crippen MR) is 85.6 cm³/mol. The number of methoxy groups -OCH3 is 1. The Hall–Kier alpha value is -1.52. The molecule has 4 heteroatoms. The molecule has 1 atom stereocenters. The summed E-state index contributed by atoms with van der Waals surface area (Å²) in [7, 11) is 1.60. The summed E-state index contributed by atoms with van der Waals surface area (Å²) in [5.41, 5.74) is 3.32. The molecule has 1 aliphatic rings. The Kier molecular flexibility index (Phi) is 4.91. The van der Waals surface area contributed by atoms with Crippen LogP contribution in [0, 0.1) is 0 Å². The summed E-state index contributed by atoms with van der Waals surface area (Å²) >= 11 is 0. The molecule has 0 spiro atoms. The van der Waals surface area contributed by atoms with Crippen molar-refractivity contribution in [3.63, 3.8) is 0 Å². The second kappa shape index (κ2) is 6.50. The Morgan fingerprint density at radius 2 is 1.90 bits per heavy atom. The molecule has 4 nitrogen and oxygen atoms in total. The van der Waals surface area contributed by atoms with Gasteiger partial charge in [0.1, 0.15) is 5.75 Å². The zero-order chi connectivity index (χ0) is 15.5. The average molecular weight is 291 g/mol. The number of ether oxygens (including phenoxy) is 3. The highest BCUT2D eigenvalue weighted by Gasteiger charge is 2.36. The fraction of sp³-hybridized carbons (Fsp3) is 0.529. The van der Waals surface area contributed by atoms with Gasteiger partial charge in [0.05, 0.1) is 6.61 Å². The van der Waals surface area contributed by atoms with Gasteiger partial charge in [-0.1, -0.05) is 0 Å². The van der Waals surface area contributed by atoms with Crippen molar-refractivity contribution in [2.24, 2.45) is 0 Å². The van der Waals surface area contributed by atoms with E-state index in [9.17, 15) is 0 Å². The molecule has 116 valence electrons. The zero-order valence-corrected chi connectivity index (χ0v) is 13.6. The van der Waals surface area contributed by atoms with Gasteiger partial charge in [0.2, 0.25) is 0 Å². The maximum atomic E-state index is 6.01. The molecule has 0 saturated carbocycles. The highest BCUT2D eigenvalue weighted by molar-refractivity contribution is 5.74. The summed E-state index contributed by atoms with van der Waals surface area (Å²) in [5, 5.41) is 0. The van der Waals surface area contributed by atoms with Crippen LogP contribution < -0.4 is 9.64 Å². The summed E-state index contributed by atoms with van der Waals surface area (Å²) in [6, 6.07) is 6.29. The smallest absolute Gasteiger partial charge is 0.349 e. The third kappa shape index (κ3) is 3.06. The molecule has 0 fully saturated rings. The second-order valence-electron chi connectivity index (χ2n) is 5.02. The molecule has 21 heavy (non-hydrogen) atoms. The Morgan fingerprint density at radius 3 is 2.48 bits per heavy atom. The van der Waals surface area contributed by atoms with E-state index in [-0.39, 0.29) is 0 Å². The van der Waals surface area contributed by atoms with Crippen molar-refractivity contribution >= 4 is 11.3 Å². The molecule has 1 heterocycles. The molecule has 0 aromatic heterocycles. The molecule has 1 unspecified atom stereocenters. The summed E-state index contributed by atoms with van der Waals surface area (Å²) in [6.45, 7) is 10.7. The van der Waals surface area contributed by atoms with Crippen molar-refractivity contribution in [1.82, 2.24) is 0 Å². The monoisotopic (exact) mass is 291 g/mol. The average Bonchev–Trinajstić information content (AvgIpc) is 2.48. The lowest BCUT2D eigenvalue weighted by Gasteiger charge is -2.34. The van der Waals surface area contributed by atoms with E-state index >= 15 is 0 Å². The zero-order valence-electron chi connectivity index (χ0n) is 13.6. The SMILES string of the molecule is CCOC1(OC)C=C(C)c2ccc(N(CC)CC)cc2O1. The van der Waals surface area contributed by atoms with Crippen LogP contribution in [0.25, 0.3) is 5.57 Å². The molecule has 1 aromatic carbocycles. The van der Waals surface area contributed by atoms with Gasteiger partial charge in [0, 0.05) is 43.6 Å². The topological polar surface area (TPSA) is 30.9 Å². The van der Waals surface area contributed by atoms with Crippen LogP contribution in [0.5, 0.6) is 5.75 Å². The normalized spacial score (nSPS) is 20.5. The molecule has 0 aliphatic carbocycles. The highest BCUT2D eigenvalue weighted by Crippen LogP contribution is 2.39. The Balaban J connectivity index is 2.41. The third-order valence-corrected chi connectivity index (χ3v) is 3.79. The lowest BCUT2D eigenvalue weighted by molar-refractivity contribution is -0.298. The van der Waals surface area contributed by atoms with E-state index in [0.29, 0.717) is 6.61 Å². The first kappa shape index (κ1) is 15.9. The van der Waals surface area contributed by atoms with Gasteiger partial charge in [-0.25, -0.2) is 0 Å². The fourth-order valence-electron chi connectivity index (χ4n) is 2.66. The van der Waals surface area contributed by atoms with Gasteiger partial charge >= 0.3 is 5.97 Å². The number of allylic oxidation sites excluding steroid dienone is 1. The van der Waals surface area contributed by atoms with E-state index in [1.165, 1.54) is 0 Å². The molecule has 0 radical (unpaired) electrons. The van der Waals surface area contributed by atoms with Crippen LogP contribution in [0.4, 0.5) is 5.69 Å². The van der Waals surface area contributed by atoms with Crippen LogP contribution in [0.2, 0.25) is 0 Å². The number of fused-ring (bicyclic) bond motifs is 1. The van der Waals surface area contributed by atoms with Gasteiger partial charge in [0.25, 0.3) is 0 Å². The lowest BCUT2D eigenvalue weighted by atomic mass is 10.0. The Bertz CT molecular complexity index is 523. The van der Waals surface area contributed by atoms with E-state index in [1.807, 2.05) is 19.9 Å². The van der Waals surface area contributed by atoms with Crippen molar-refractivity contribution in [3.05, 3.63) is 29.8 Å². The minimum atomic E-state index is -1.12.